The number of nitrogens with one attached hydrogen (secondary N) is 2. The lowest BCUT2D eigenvalue weighted by Gasteiger charge is -2.35. The van der Waals surface area contributed by atoms with E-state index in [4.69, 9.17) is 0 Å². The Kier molecular flexibility index (Phi) is 6.53. The normalized spacial score (nSPS) is 21.5. The highest BCUT2D eigenvalue weighted by Crippen LogP contribution is 2.26. The average Bonchev–Trinajstić information content (AvgIpc) is 3.18. The Bertz CT molecular complexity index is 656. The summed E-state index contributed by atoms with van der Waals surface area (Å²) >= 11 is 2.03. The molecule has 142 valence electrons. The molecule has 2 saturated heterocycles. The first kappa shape index (κ1) is 19.2. The smallest absolute Gasteiger partial charge is 0.313 e. The third kappa shape index (κ3) is 4.98. The van der Waals surface area contributed by atoms with Crippen molar-refractivity contribution in [3.63, 3.8) is 0 Å². The highest BCUT2D eigenvalue weighted by atomic mass is 32.2. The third-order valence-corrected chi connectivity index (χ3v) is 6.40. The van der Waals surface area contributed by atoms with Crippen molar-refractivity contribution in [1.29, 1.82) is 0 Å². The molecule has 1 atom stereocenters. The number of halogens is 1. The minimum atomic E-state index is -0.756. The minimum absolute atomic E-state index is 0.288. The molecule has 2 aliphatic heterocycles. The Hall–Kier alpha value is -1.60. The number of benzene rings is 1. The van der Waals surface area contributed by atoms with Crippen LogP contribution in [0.1, 0.15) is 24.8 Å². The van der Waals surface area contributed by atoms with Gasteiger partial charge in [-0.3, -0.25) is 14.5 Å². The van der Waals surface area contributed by atoms with Gasteiger partial charge in [0.15, 0.2) is 0 Å². The van der Waals surface area contributed by atoms with Gasteiger partial charge in [0.05, 0.1) is 0 Å². The standard InChI is InChI=1S/C19H26FN3O2S/c1-13-2-3-15(10-17(13)20)22-19(25)18(24)21-11-14-4-7-23(8-5-14)16-6-9-26-12-16/h2-3,10,14,16H,4-9,11-12H2,1H3,(H,21,24)(H,22,25)/t16-/m1/s1. The van der Waals surface area contributed by atoms with E-state index in [1.165, 1.54) is 24.0 Å². The fourth-order valence-corrected chi connectivity index (χ4v) is 4.76. The van der Waals surface area contributed by atoms with Crippen LogP contribution in [0, 0.1) is 18.7 Å². The molecule has 0 spiro atoms. The predicted octanol–water partition coefficient (Wildman–Crippen LogP) is 2.41. The van der Waals surface area contributed by atoms with Crippen LogP contribution in [0.25, 0.3) is 0 Å². The Labute approximate surface area is 158 Å². The van der Waals surface area contributed by atoms with Crippen molar-refractivity contribution in [2.24, 2.45) is 5.92 Å². The molecule has 5 nitrogen and oxygen atoms in total. The summed E-state index contributed by atoms with van der Waals surface area (Å²) in [6.07, 6.45) is 3.38. The zero-order valence-corrected chi connectivity index (χ0v) is 15.9. The van der Waals surface area contributed by atoms with E-state index in [9.17, 15) is 14.0 Å². The second-order valence-corrected chi connectivity index (χ2v) is 8.27. The van der Waals surface area contributed by atoms with Crippen LogP contribution in [0.2, 0.25) is 0 Å². The van der Waals surface area contributed by atoms with Crippen LogP contribution >= 0.6 is 11.8 Å². The van der Waals surface area contributed by atoms with Gasteiger partial charge in [-0.05, 0) is 68.6 Å². The van der Waals surface area contributed by atoms with Crippen LogP contribution in [0.5, 0.6) is 0 Å². The molecule has 2 aliphatic rings. The van der Waals surface area contributed by atoms with E-state index in [0.29, 0.717) is 18.0 Å². The molecule has 1 aromatic rings. The maximum absolute atomic E-state index is 13.5. The van der Waals surface area contributed by atoms with Gasteiger partial charge in [-0.25, -0.2) is 4.39 Å². The highest BCUT2D eigenvalue weighted by molar-refractivity contribution is 7.99. The molecule has 0 saturated carbocycles. The molecule has 0 radical (unpaired) electrons. The monoisotopic (exact) mass is 379 g/mol. The van der Waals surface area contributed by atoms with Crippen LogP contribution in [0.3, 0.4) is 0 Å². The van der Waals surface area contributed by atoms with Crippen molar-refractivity contribution in [2.75, 3.05) is 36.5 Å². The molecule has 0 bridgehead atoms. The van der Waals surface area contributed by atoms with E-state index >= 15 is 0 Å². The first-order chi connectivity index (χ1) is 12.5. The van der Waals surface area contributed by atoms with Gasteiger partial charge < -0.3 is 10.6 Å². The number of rotatable bonds is 4. The summed E-state index contributed by atoms with van der Waals surface area (Å²) < 4.78 is 13.5. The first-order valence-corrected chi connectivity index (χ1v) is 10.4. The number of likely N-dealkylation sites (tertiary alicyclic amines) is 1. The van der Waals surface area contributed by atoms with Crippen LogP contribution < -0.4 is 10.6 Å². The number of amides is 2. The van der Waals surface area contributed by atoms with Crippen LogP contribution in [-0.4, -0.2) is 53.9 Å². The molecular formula is C19H26FN3O2S. The average molecular weight is 380 g/mol. The van der Waals surface area contributed by atoms with Gasteiger partial charge >= 0.3 is 11.8 Å². The Morgan fingerprint density at radius 2 is 2.00 bits per heavy atom. The summed E-state index contributed by atoms with van der Waals surface area (Å²) in [6, 6.07) is 5.09. The predicted molar refractivity (Wildman–Crippen MR) is 103 cm³/mol. The fourth-order valence-electron chi connectivity index (χ4n) is 3.51. The molecule has 7 heteroatoms. The molecule has 0 aromatic heterocycles. The van der Waals surface area contributed by atoms with E-state index in [0.717, 1.165) is 32.0 Å². The van der Waals surface area contributed by atoms with Crippen molar-refractivity contribution in [3.05, 3.63) is 29.6 Å². The highest BCUT2D eigenvalue weighted by Gasteiger charge is 2.27. The van der Waals surface area contributed by atoms with Crippen molar-refractivity contribution >= 4 is 29.3 Å². The number of carbonyl (C=O) groups excluding carboxylic acids is 2. The number of piperidine rings is 1. The van der Waals surface area contributed by atoms with Crippen LogP contribution in [-0.2, 0) is 9.59 Å². The number of anilines is 1. The van der Waals surface area contributed by atoms with E-state index < -0.39 is 17.6 Å². The molecule has 0 aliphatic carbocycles. The van der Waals surface area contributed by atoms with Gasteiger partial charge in [0.2, 0.25) is 0 Å². The lowest BCUT2D eigenvalue weighted by atomic mass is 9.95. The van der Waals surface area contributed by atoms with Crippen molar-refractivity contribution in [2.45, 2.75) is 32.2 Å². The molecule has 2 N–H and O–H groups in total. The van der Waals surface area contributed by atoms with Gasteiger partial charge in [-0.2, -0.15) is 11.8 Å². The number of thioether (sulfide) groups is 1. The van der Waals surface area contributed by atoms with Crippen LogP contribution in [0.4, 0.5) is 10.1 Å². The topological polar surface area (TPSA) is 61.4 Å². The number of hydrogen-bond acceptors (Lipinski definition) is 4. The Morgan fingerprint density at radius 1 is 1.23 bits per heavy atom. The van der Waals surface area contributed by atoms with E-state index in [-0.39, 0.29) is 5.69 Å². The zero-order valence-electron chi connectivity index (χ0n) is 15.1. The molecule has 2 fully saturated rings. The molecule has 2 heterocycles. The number of aryl methyl sites for hydroxylation is 1. The van der Waals surface area contributed by atoms with Crippen molar-refractivity contribution in [1.82, 2.24) is 10.2 Å². The summed E-state index contributed by atoms with van der Waals surface area (Å²) in [5.41, 5.74) is 0.783. The number of nitrogens with zero attached hydrogens (tertiary/aromatic N) is 1. The second-order valence-electron chi connectivity index (χ2n) is 7.12. The second kappa shape index (κ2) is 8.86. The number of carbonyl (C=O) groups is 2. The maximum Gasteiger partial charge on any atom is 0.313 e. The fraction of sp³-hybridized carbons (Fsp3) is 0.579. The SMILES string of the molecule is Cc1ccc(NC(=O)C(=O)NCC2CCN([C@@H]3CCSC3)CC2)cc1F. The molecular weight excluding hydrogens is 353 g/mol. The summed E-state index contributed by atoms with van der Waals surface area (Å²) in [4.78, 5) is 26.5. The summed E-state index contributed by atoms with van der Waals surface area (Å²) in [5, 5.41) is 5.16. The largest absolute Gasteiger partial charge is 0.348 e. The van der Waals surface area contributed by atoms with Gasteiger partial charge in [-0.1, -0.05) is 6.07 Å². The van der Waals surface area contributed by atoms with Gasteiger partial charge in [0, 0.05) is 24.0 Å². The van der Waals surface area contributed by atoms with Gasteiger partial charge in [0.25, 0.3) is 0 Å². The number of hydrogen-bond donors (Lipinski definition) is 2. The maximum atomic E-state index is 13.5. The Morgan fingerprint density at radius 3 is 2.65 bits per heavy atom. The summed E-state index contributed by atoms with van der Waals surface area (Å²) in [6.45, 7) is 4.30. The molecule has 2 amide bonds. The first-order valence-electron chi connectivity index (χ1n) is 9.20. The van der Waals surface area contributed by atoms with Crippen molar-refractivity contribution < 1.29 is 14.0 Å². The van der Waals surface area contributed by atoms with E-state index in [2.05, 4.69) is 15.5 Å². The van der Waals surface area contributed by atoms with E-state index in [1.807, 2.05) is 11.8 Å². The lowest BCUT2D eigenvalue weighted by molar-refractivity contribution is -0.136. The van der Waals surface area contributed by atoms with Gasteiger partial charge in [-0.15, -0.1) is 0 Å². The summed E-state index contributed by atoms with van der Waals surface area (Å²) in [7, 11) is 0. The molecule has 0 unspecified atom stereocenters. The molecule has 1 aromatic carbocycles. The quantitative estimate of drug-likeness (QED) is 0.789. The lowest BCUT2D eigenvalue weighted by Crippen LogP contribution is -2.45. The summed E-state index contributed by atoms with van der Waals surface area (Å²) in [5.74, 6) is 1.08. The van der Waals surface area contributed by atoms with Crippen molar-refractivity contribution in [3.8, 4) is 0 Å². The Balaban J connectivity index is 1.39. The third-order valence-electron chi connectivity index (χ3n) is 5.26. The zero-order chi connectivity index (χ0) is 18.5. The molecule has 26 heavy (non-hydrogen) atoms. The minimum Gasteiger partial charge on any atom is -0.348 e. The van der Waals surface area contributed by atoms with E-state index in [1.54, 1.807) is 19.1 Å². The van der Waals surface area contributed by atoms with Gasteiger partial charge in [0.1, 0.15) is 5.82 Å². The molecule has 3 rings (SSSR count). The van der Waals surface area contributed by atoms with Crippen LogP contribution in [0.15, 0.2) is 18.2 Å².